The molecular formula is C22H28N4O3S. The second kappa shape index (κ2) is 9.24. The molecule has 2 aliphatic heterocycles. The molecule has 7 nitrogen and oxygen atoms in total. The SMILES string of the molecule is CN1CCN(Cc2cccc(-c3nc(CC(=O)N4CCCC4C(=O)O)cs3)c2)CC1. The van der Waals surface area contributed by atoms with Crippen molar-refractivity contribution in [3.8, 4) is 10.6 Å². The highest BCUT2D eigenvalue weighted by atomic mass is 32.1. The van der Waals surface area contributed by atoms with E-state index in [2.05, 4.69) is 46.1 Å². The van der Waals surface area contributed by atoms with Crippen LogP contribution in [0.15, 0.2) is 29.6 Å². The first-order valence-electron chi connectivity index (χ1n) is 10.5. The smallest absolute Gasteiger partial charge is 0.326 e. The van der Waals surface area contributed by atoms with Crippen molar-refractivity contribution in [2.75, 3.05) is 39.8 Å². The lowest BCUT2D eigenvalue weighted by atomic mass is 10.1. The zero-order valence-electron chi connectivity index (χ0n) is 17.3. The van der Waals surface area contributed by atoms with Gasteiger partial charge in [-0.15, -0.1) is 11.3 Å². The second-order valence-electron chi connectivity index (χ2n) is 8.18. The molecule has 1 aromatic heterocycles. The summed E-state index contributed by atoms with van der Waals surface area (Å²) in [7, 11) is 2.16. The minimum atomic E-state index is -0.919. The summed E-state index contributed by atoms with van der Waals surface area (Å²) in [5.41, 5.74) is 3.04. The lowest BCUT2D eigenvalue weighted by Crippen LogP contribution is -2.43. The number of rotatable bonds is 6. The first-order valence-corrected chi connectivity index (χ1v) is 11.3. The van der Waals surface area contributed by atoms with Gasteiger partial charge >= 0.3 is 5.97 Å². The number of aromatic nitrogens is 1. The second-order valence-corrected chi connectivity index (χ2v) is 9.04. The summed E-state index contributed by atoms with van der Waals surface area (Å²) in [5, 5.41) is 12.1. The Hall–Kier alpha value is -2.29. The number of carbonyl (C=O) groups is 2. The number of hydrogen-bond donors (Lipinski definition) is 1. The standard InChI is InChI=1S/C22H28N4O3S/c1-24-8-10-25(11-9-24)14-16-4-2-5-17(12-16)21-23-18(15-30-21)13-20(27)26-7-3-6-19(26)22(28)29/h2,4-5,12,15,19H,3,6-11,13-14H2,1H3,(H,28,29). The molecule has 1 aromatic carbocycles. The fraction of sp³-hybridized carbons (Fsp3) is 0.500. The van der Waals surface area contributed by atoms with Crippen LogP contribution in [0.3, 0.4) is 0 Å². The van der Waals surface area contributed by atoms with Crippen LogP contribution < -0.4 is 0 Å². The summed E-state index contributed by atoms with van der Waals surface area (Å²) in [6.07, 6.45) is 1.43. The number of hydrogen-bond acceptors (Lipinski definition) is 6. The third-order valence-corrected chi connectivity index (χ3v) is 6.86. The molecule has 3 heterocycles. The van der Waals surface area contributed by atoms with Gasteiger partial charge in [0.15, 0.2) is 0 Å². The first-order chi connectivity index (χ1) is 14.5. The number of benzene rings is 1. The van der Waals surface area contributed by atoms with Gasteiger partial charge in [-0.2, -0.15) is 0 Å². The average Bonchev–Trinajstić information content (AvgIpc) is 3.40. The number of aliphatic carboxylic acids is 1. The quantitative estimate of drug-likeness (QED) is 0.760. The van der Waals surface area contributed by atoms with E-state index in [1.165, 1.54) is 21.8 Å². The number of carbonyl (C=O) groups excluding carboxylic acids is 1. The van der Waals surface area contributed by atoms with Crippen molar-refractivity contribution in [1.29, 1.82) is 0 Å². The van der Waals surface area contributed by atoms with E-state index in [-0.39, 0.29) is 12.3 Å². The third-order valence-electron chi connectivity index (χ3n) is 5.92. The highest BCUT2D eigenvalue weighted by Crippen LogP contribution is 2.26. The van der Waals surface area contributed by atoms with Crippen LogP contribution in [0.4, 0.5) is 0 Å². The van der Waals surface area contributed by atoms with Crippen LogP contribution in [0.5, 0.6) is 0 Å². The predicted molar refractivity (Wildman–Crippen MR) is 116 cm³/mol. The Labute approximate surface area is 180 Å². The summed E-state index contributed by atoms with van der Waals surface area (Å²) in [4.78, 5) is 34.9. The van der Waals surface area contributed by atoms with Crippen molar-refractivity contribution in [2.24, 2.45) is 0 Å². The van der Waals surface area contributed by atoms with Crippen molar-refractivity contribution in [2.45, 2.75) is 31.8 Å². The molecule has 30 heavy (non-hydrogen) atoms. The number of thiazole rings is 1. The van der Waals surface area contributed by atoms with Crippen LogP contribution in [0.1, 0.15) is 24.1 Å². The average molecular weight is 429 g/mol. The third kappa shape index (κ3) is 4.88. The van der Waals surface area contributed by atoms with Gasteiger partial charge < -0.3 is 14.9 Å². The Balaban J connectivity index is 1.40. The van der Waals surface area contributed by atoms with Gasteiger partial charge in [0.1, 0.15) is 11.0 Å². The van der Waals surface area contributed by atoms with Gasteiger partial charge in [-0.3, -0.25) is 9.69 Å². The van der Waals surface area contributed by atoms with E-state index in [9.17, 15) is 14.7 Å². The summed E-state index contributed by atoms with van der Waals surface area (Å²) in [6, 6.07) is 7.76. The molecule has 2 fully saturated rings. The van der Waals surface area contributed by atoms with E-state index in [4.69, 9.17) is 0 Å². The maximum atomic E-state index is 12.6. The van der Waals surface area contributed by atoms with Crippen molar-refractivity contribution in [1.82, 2.24) is 19.7 Å². The molecule has 0 radical (unpaired) electrons. The number of amides is 1. The van der Waals surface area contributed by atoms with Gasteiger partial charge in [0, 0.05) is 50.2 Å². The number of likely N-dealkylation sites (N-methyl/N-ethyl adjacent to an activating group) is 1. The van der Waals surface area contributed by atoms with Gasteiger partial charge in [-0.1, -0.05) is 18.2 Å². The normalized spacial score (nSPS) is 20.6. The maximum Gasteiger partial charge on any atom is 0.326 e. The van der Waals surface area contributed by atoms with Crippen LogP contribution in [-0.2, 0) is 22.6 Å². The van der Waals surface area contributed by atoms with Crippen LogP contribution in [-0.4, -0.2) is 82.5 Å². The summed E-state index contributed by atoms with van der Waals surface area (Å²) in [5.74, 6) is -1.07. The number of carboxylic acid groups (broad SMARTS) is 1. The Bertz CT molecular complexity index is 907. The zero-order valence-corrected chi connectivity index (χ0v) is 18.1. The summed E-state index contributed by atoms with van der Waals surface area (Å²) in [6.45, 7) is 5.81. The largest absolute Gasteiger partial charge is 0.480 e. The van der Waals surface area contributed by atoms with Gasteiger partial charge in [0.2, 0.25) is 5.91 Å². The van der Waals surface area contributed by atoms with Gasteiger partial charge in [0.25, 0.3) is 0 Å². The molecule has 1 N–H and O–H groups in total. The van der Waals surface area contributed by atoms with E-state index < -0.39 is 12.0 Å². The Morgan fingerprint density at radius 3 is 2.77 bits per heavy atom. The van der Waals surface area contributed by atoms with E-state index >= 15 is 0 Å². The highest BCUT2D eigenvalue weighted by molar-refractivity contribution is 7.13. The lowest BCUT2D eigenvalue weighted by Gasteiger charge is -2.32. The first kappa shape index (κ1) is 21.0. The molecule has 1 unspecified atom stereocenters. The molecule has 1 atom stereocenters. The van der Waals surface area contributed by atoms with Crippen LogP contribution >= 0.6 is 11.3 Å². The Kier molecular flexibility index (Phi) is 6.46. The lowest BCUT2D eigenvalue weighted by molar-refractivity contribution is -0.148. The van der Waals surface area contributed by atoms with E-state index in [1.54, 1.807) is 0 Å². The van der Waals surface area contributed by atoms with E-state index in [0.29, 0.717) is 18.7 Å². The predicted octanol–water partition coefficient (Wildman–Crippen LogP) is 2.18. The number of likely N-dealkylation sites (tertiary alicyclic amines) is 1. The van der Waals surface area contributed by atoms with Crippen LogP contribution in [0, 0.1) is 0 Å². The summed E-state index contributed by atoms with van der Waals surface area (Å²) < 4.78 is 0. The minimum absolute atomic E-state index is 0.152. The van der Waals surface area contributed by atoms with Crippen LogP contribution in [0.2, 0.25) is 0 Å². The molecule has 4 rings (SSSR count). The van der Waals surface area contributed by atoms with Gasteiger partial charge in [-0.05, 0) is 31.5 Å². The topological polar surface area (TPSA) is 77.0 Å². The van der Waals surface area contributed by atoms with Crippen molar-refractivity contribution in [3.63, 3.8) is 0 Å². The molecule has 1 amide bonds. The minimum Gasteiger partial charge on any atom is -0.480 e. The molecule has 2 aliphatic rings. The van der Waals surface area contributed by atoms with E-state index in [1.807, 2.05) is 5.38 Å². The van der Waals surface area contributed by atoms with Crippen molar-refractivity contribution >= 4 is 23.2 Å². The van der Waals surface area contributed by atoms with Gasteiger partial charge in [0.05, 0.1) is 12.1 Å². The molecular weight excluding hydrogens is 400 g/mol. The zero-order chi connectivity index (χ0) is 21.1. The van der Waals surface area contributed by atoms with E-state index in [0.717, 1.165) is 49.7 Å². The number of nitrogens with zero attached hydrogens (tertiary/aromatic N) is 4. The molecule has 2 saturated heterocycles. The molecule has 8 heteroatoms. The molecule has 0 aliphatic carbocycles. The molecule has 0 spiro atoms. The molecule has 2 aromatic rings. The molecule has 160 valence electrons. The van der Waals surface area contributed by atoms with Gasteiger partial charge in [-0.25, -0.2) is 9.78 Å². The maximum absolute atomic E-state index is 12.6. The Morgan fingerprint density at radius 1 is 1.20 bits per heavy atom. The van der Waals surface area contributed by atoms with Crippen molar-refractivity contribution < 1.29 is 14.7 Å². The fourth-order valence-electron chi connectivity index (χ4n) is 4.17. The van der Waals surface area contributed by atoms with Crippen molar-refractivity contribution in [3.05, 3.63) is 40.9 Å². The summed E-state index contributed by atoms with van der Waals surface area (Å²) >= 11 is 1.53. The Morgan fingerprint density at radius 2 is 2.00 bits per heavy atom. The molecule has 0 bridgehead atoms. The van der Waals surface area contributed by atoms with Crippen LogP contribution in [0.25, 0.3) is 10.6 Å². The fourth-order valence-corrected chi connectivity index (χ4v) is 4.98. The monoisotopic (exact) mass is 428 g/mol. The highest BCUT2D eigenvalue weighted by Gasteiger charge is 2.33. The molecule has 0 saturated carbocycles. The number of carboxylic acids is 1. The number of piperazine rings is 1.